The number of hydrogen-bond acceptors (Lipinski definition) is 7. The minimum atomic E-state index is -3.23. The van der Waals surface area contributed by atoms with Crippen LogP contribution in [0.25, 0.3) is 11.5 Å². The molecule has 5 aromatic rings. The van der Waals surface area contributed by atoms with Crippen LogP contribution < -0.4 is 5.32 Å². The summed E-state index contributed by atoms with van der Waals surface area (Å²) in [5, 5.41) is 18.7. The summed E-state index contributed by atoms with van der Waals surface area (Å²) < 4.78 is 43.9. The highest BCUT2D eigenvalue weighted by molar-refractivity contribution is 6.32. The molecule has 6 rings (SSSR count). The van der Waals surface area contributed by atoms with Gasteiger partial charge in [0.2, 0.25) is 11.9 Å². The number of amides is 1. The number of hydrogen-bond donors (Lipinski definition) is 1. The Hall–Kier alpha value is -4.33. The standard InChI is InChI=1S/C23H18ClF3N10O/c1-22(12-8-32-35(11-12)23(2,26)27)7-14(15-10-28-18-6-17(25)34-36(18)19(15)22)21(38)33-13-5-16(24)20(29-9-13)37-30-3-4-31-37/h3-6,8-11,14H,7H2,1-2H3,(H,33,38)/t14-,22-/m1/s1. The van der Waals surface area contributed by atoms with Crippen LogP contribution in [-0.4, -0.2) is 50.3 Å². The topological polar surface area (TPSA) is 121 Å². The molecule has 38 heavy (non-hydrogen) atoms. The Morgan fingerprint density at radius 1 is 1.16 bits per heavy atom. The lowest BCUT2D eigenvalue weighted by molar-refractivity contribution is -0.117. The van der Waals surface area contributed by atoms with Crippen LogP contribution in [0.2, 0.25) is 5.02 Å². The molecule has 1 aliphatic rings. The first kappa shape index (κ1) is 24.0. The van der Waals surface area contributed by atoms with Gasteiger partial charge >= 0.3 is 6.05 Å². The maximum atomic E-state index is 14.1. The molecule has 0 unspecified atom stereocenters. The molecular weight excluding hydrogens is 525 g/mol. The second-order valence-electron chi connectivity index (χ2n) is 9.24. The zero-order valence-corrected chi connectivity index (χ0v) is 20.6. The number of nitrogens with zero attached hydrogens (tertiary/aromatic N) is 9. The van der Waals surface area contributed by atoms with E-state index in [1.165, 1.54) is 52.6 Å². The molecule has 0 bridgehead atoms. The Morgan fingerprint density at radius 2 is 1.92 bits per heavy atom. The van der Waals surface area contributed by atoms with E-state index in [-0.39, 0.29) is 22.9 Å². The number of carbonyl (C=O) groups excluding carboxylic acids is 1. The summed E-state index contributed by atoms with van der Waals surface area (Å²) in [5.41, 5.74) is 0.880. The molecule has 11 nitrogen and oxygen atoms in total. The molecule has 0 saturated carbocycles. The molecule has 1 amide bonds. The Kier molecular flexibility index (Phi) is 5.28. The van der Waals surface area contributed by atoms with Crippen molar-refractivity contribution >= 4 is 28.8 Å². The molecule has 1 aliphatic carbocycles. The van der Waals surface area contributed by atoms with Gasteiger partial charge in [-0.15, -0.1) is 9.90 Å². The van der Waals surface area contributed by atoms with Gasteiger partial charge in [0.1, 0.15) is 0 Å². The first-order valence-electron chi connectivity index (χ1n) is 11.4. The first-order chi connectivity index (χ1) is 18.0. The van der Waals surface area contributed by atoms with Gasteiger partial charge in [-0.3, -0.25) is 4.79 Å². The van der Waals surface area contributed by atoms with Crippen LogP contribution in [0.5, 0.6) is 0 Å². The molecule has 0 radical (unpaired) electrons. The van der Waals surface area contributed by atoms with E-state index in [4.69, 9.17) is 11.6 Å². The van der Waals surface area contributed by atoms with Crippen LogP contribution in [0, 0.1) is 5.95 Å². The van der Waals surface area contributed by atoms with Crippen molar-refractivity contribution in [1.82, 2.24) is 44.4 Å². The number of aromatic nitrogens is 9. The third kappa shape index (κ3) is 3.79. The number of pyridine rings is 1. The van der Waals surface area contributed by atoms with E-state index in [2.05, 4.69) is 35.7 Å². The predicted molar refractivity (Wildman–Crippen MR) is 128 cm³/mol. The van der Waals surface area contributed by atoms with Crippen molar-refractivity contribution in [3.05, 3.63) is 77.1 Å². The lowest BCUT2D eigenvalue weighted by Gasteiger charge is -2.24. The fraction of sp³-hybridized carbons (Fsp3) is 0.261. The summed E-state index contributed by atoms with van der Waals surface area (Å²) in [4.78, 5) is 23.3. The third-order valence-corrected chi connectivity index (χ3v) is 6.91. The molecule has 15 heteroatoms. The van der Waals surface area contributed by atoms with Crippen molar-refractivity contribution in [2.24, 2.45) is 0 Å². The van der Waals surface area contributed by atoms with Gasteiger partial charge in [0.25, 0.3) is 0 Å². The largest absolute Gasteiger partial charge is 0.340 e. The highest BCUT2D eigenvalue weighted by atomic mass is 35.5. The second kappa shape index (κ2) is 8.34. The van der Waals surface area contributed by atoms with E-state index >= 15 is 0 Å². The average molecular weight is 543 g/mol. The minimum absolute atomic E-state index is 0.161. The quantitative estimate of drug-likeness (QED) is 0.359. The summed E-state index contributed by atoms with van der Waals surface area (Å²) in [6.07, 6.45) is 8.55. The van der Waals surface area contributed by atoms with Crippen LogP contribution in [-0.2, 0) is 16.3 Å². The lowest BCUT2D eigenvalue weighted by Crippen LogP contribution is -2.25. The highest BCUT2D eigenvalue weighted by Gasteiger charge is 2.48. The molecule has 0 aliphatic heterocycles. The van der Waals surface area contributed by atoms with E-state index in [1.807, 2.05) is 0 Å². The van der Waals surface area contributed by atoms with Gasteiger partial charge in [-0.2, -0.15) is 28.5 Å². The Labute approximate surface area is 217 Å². The van der Waals surface area contributed by atoms with Crippen molar-refractivity contribution in [2.75, 3.05) is 5.32 Å². The van der Waals surface area contributed by atoms with Gasteiger partial charge in [-0.05, 0) is 19.4 Å². The number of rotatable bonds is 5. The molecule has 0 aromatic carbocycles. The van der Waals surface area contributed by atoms with Crippen LogP contribution in [0.1, 0.15) is 43.0 Å². The predicted octanol–water partition coefficient (Wildman–Crippen LogP) is 3.70. The fourth-order valence-electron chi connectivity index (χ4n) is 4.85. The molecule has 2 atom stereocenters. The summed E-state index contributed by atoms with van der Waals surface area (Å²) >= 11 is 6.33. The summed E-state index contributed by atoms with van der Waals surface area (Å²) in [6, 6.07) is -0.568. The number of anilines is 1. The van der Waals surface area contributed by atoms with Crippen LogP contribution in [0.4, 0.5) is 18.9 Å². The van der Waals surface area contributed by atoms with E-state index < -0.39 is 29.2 Å². The van der Waals surface area contributed by atoms with Gasteiger partial charge in [-0.25, -0.2) is 19.2 Å². The minimum Gasteiger partial charge on any atom is -0.324 e. The number of fused-ring (bicyclic) bond motifs is 3. The number of carbonyl (C=O) groups is 1. The molecule has 0 spiro atoms. The maximum Gasteiger partial charge on any atom is 0.340 e. The first-order valence-corrected chi connectivity index (χ1v) is 11.7. The van der Waals surface area contributed by atoms with Crippen molar-refractivity contribution in [2.45, 2.75) is 37.6 Å². The zero-order chi connectivity index (χ0) is 26.8. The molecule has 5 heterocycles. The molecule has 0 saturated heterocycles. The third-order valence-electron chi connectivity index (χ3n) is 6.63. The molecule has 5 aromatic heterocycles. The second-order valence-corrected chi connectivity index (χ2v) is 9.65. The number of alkyl halides is 2. The monoisotopic (exact) mass is 542 g/mol. The van der Waals surface area contributed by atoms with Crippen molar-refractivity contribution in [3.63, 3.8) is 0 Å². The SMILES string of the molecule is CC(F)(F)n1cc([C@@]2(C)C[C@@H](C(=O)Nc3cnc(-n4nccn4)c(Cl)c3)c3cnc4cc(F)nn4c32)cn1. The highest BCUT2D eigenvalue weighted by Crippen LogP contribution is 2.50. The Bertz CT molecular complexity index is 1690. The normalized spacial score (nSPS) is 19.2. The fourth-order valence-corrected chi connectivity index (χ4v) is 5.09. The smallest absolute Gasteiger partial charge is 0.324 e. The van der Waals surface area contributed by atoms with Crippen molar-refractivity contribution in [1.29, 1.82) is 0 Å². The molecule has 1 N–H and O–H groups in total. The van der Waals surface area contributed by atoms with Gasteiger partial charge in [0, 0.05) is 41.9 Å². The van der Waals surface area contributed by atoms with Gasteiger partial charge < -0.3 is 5.32 Å². The Balaban J connectivity index is 1.39. The summed E-state index contributed by atoms with van der Waals surface area (Å²) in [5.74, 6) is -1.68. The number of nitrogens with one attached hydrogen (secondary N) is 1. The summed E-state index contributed by atoms with van der Waals surface area (Å²) in [7, 11) is 0. The van der Waals surface area contributed by atoms with Crippen molar-refractivity contribution in [3.8, 4) is 5.82 Å². The van der Waals surface area contributed by atoms with Gasteiger partial charge in [-0.1, -0.05) is 11.6 Å². The van der Waals surface area contributed by atoms with Crippen LogP contribution in [0.3, 0.4) is 0 Å². The van der Waals surface area contributed by atoms with Crippen LogP contribution in [0.15, 0.2) is 49.3 Å². The van der Waals surface area contributed by atoms with Crippen LogP contribution >= 0.6 is 11.6 Å². The number of halogens is 4. The lowest BCUT2D eigenvalue weighted by atomic mass is 9.80. The molecular formula is C23H18ClF3N10O. The van der Waals surface area contributed by atoms with E-state index in [0.29, 0.717) is 27.2 Å². The van der Waals surface area contributed by atoms with E-state index in [1.54, 1.807) is 6.92 Å². The molecule has 194 valence electrons. The molecule has 0 fully saturated rings. The van der Waals surface area contributed by atoms with Gasteiger partial charge in [0.15, 0.2) is 11.5 Å². The Morgan fingerprint density at radius 3 is 2.61 bits per heavy atom. The maximum absolute atomic E-state index is 14.1. The van der Waals surface area contributed by atoms with Crippen molar-refractivity contribution < 1.29 is 18.0 Å². The van der Waals surface area contributed by atoms with E-state index in [0.717, 1.165) is 13.0 Å². The summed E-state index contributed by atoms with van der Waals surface area (Å²) in [6.45, 7) is 2.50. The average Bonchev–Trinajstić information content (AvgIpc) is 3.64. The zero-order valence-electron chi connectivity index (χ0n) is 19.8. The van der Waals surface area contributed by atoms with Gasteiger partial charge in [0.05, 0.1) is 47.1 Å². The van der Waals surface area contributed by atoms with E-state index in [9.17, 15) is 18.0 Å².